The Morgan fingerprint density at radius 1 is 1.35 bits per heavy atom. The fourth-order valence-electron chi connectivity index (χ4n) is 2.41. The molecule has 2 amide bonds. The molecule has 2 N–H and O–H groups in total. The van der Waals surface area contributed by atoms with E-state index in [1.54, 1.807) is 4.90 Å². The molecule has 0 radical (unpaired) electrons. The Kier molecular flexibility index (Phi) is 7.61. The molecule has 1 heterocycles. The number of amides is 2. The van der Waals surface area contributed by atoms with Crippen molar-refractivity contribution in [2.45, 2.75) is 38.4 Å². The van der Waals surface area contributed by atoms with Crippen molar-refractivity contribution in [2.75, 3.05) is 13.1 Å². The van der Waals surface area contributed by atoms with Gasteiger partial charge in [0.25, 0.3) is 0 Å². The lowest BCUT2D eigenvalue weighted by Gasteiger charge is -2.16. The van der Waals surface area contributed by atoms with E-state index in [2.05, 4.69) is 10.3 Å². The molecule has 0 bridgehead atoms. The number of aromatic hydroxyl groups is 1. The maximum absolute atomic E-state index is 12.7. The molecule has 0 aromatic heterocycles. The number of phenols is 1. The summed E-state index contributed by atoms with van der Waals surface area (Å²) in [6.07, 6.45) is 1.87. The van der Waals surface area contributed by atoms with E-state index in [9.17, 15) is 14.7 Å². The average molecular weight is 418 g/mol. The van der Waals surface area contributed by atoms with Crippen LogP contribution in [0.1, 0.15) is 33.1 Å². The molecule has 142 valence electrons. The Bertz CT molecular complexity index is 704. The van der Waals surface area contributed by atoms with Crippen LogP contribution in [-0.4, -0.2) is 45.3 Å². The van der Waals surface area contributed by atoms with Gasteiger partial charge in [0, 0.05) is 19.5 Å². The van der Waals surface area contributed by atoms with E-state index in [-0.39, 0.29) is 34.0 Å². The van der Waals surface area contributed by atoms with Crippen molar-refractivity contribution in [3.63, 3.8) is 0 Å². The van der Waals surface area contributed by atoms with Gasteiger partial charge in [0.2, 0.25) is 11.8 Å². The summed E-state index contributed by atoms with van der Waals surface area (Å²) in [5.74, 6) is -0.487. The maximum Gasteiger partial charge on any atom is 0.242 e. The van der Waals surface area contributed by atoms with E-state index in [0.29, 0.717) is 23.9 Å². The minimum atomic E-state index is -0.500. The molecule has 1 aliphatic rings. The molecule has 1 aliphatic heterocycles. The Morgan fingerprint density at radius 2 is 2.00 bits per heavy atom. The van der Waals surface area contributed by atoms with Crippen LogP contribution in [0.25, 0.3) is 0 Å². The van der Waals surface area contributed by atoms with Crippen molar-refractivity contribution in [3.8, 4) is 5.75 Å². The quantitative estimate of drug-likeness (QED) is 0.703. The minimum Gasteiger partial charge on any atom is -0.505 e. The van der Waals surface area contributed by atoms with Gasteiger partial charge in [-0.3, -0.25) is 14.5 Å². The van der Waals surface area contributed by atoms with Crippen molar-refractivity contribution in [2.24, 2.45) is 4.99 Å². The van der Waals surface area contributed by atoms with Crippen LogP contribution in [-0.2, 0) is 9.59 Å². The zero-order valence-corrected chi connectivity index (χ0v) is 16.9. The second-order valence-electron chi connectivity index (χ2n) is 5.76. The van der Waals surface area contributed by atoms with Gasteiger partial charge < -0.3 is 10.4 Å². The van der Waals surface area contributed by atoms with Crippen LogP contribution in [0.15, 0.2) is 17.1 Å². The highest BCUT2D eigenvalue weighted by Crippen LogP contribution is 2.38. The predicted octanol–water partition coefficient (Wildman–Crippen LogP) is 3.96. The molecule has 0 unspecified atom stereocenters. The van der Waals surface area contributed by atoms with Gasteiger partial charge in [0.05, 0.1) is 15.7 Å². The maximum atomic E-state index is 12.7. The Labute approximate surface area is 166 Å². The number of aliphatic imine (C=N–C) groups is 1. The first-order valence-electron chi connectivity index (χ1n) is 8.38. The lowest BCUT2D eigenvalue weighted by molar-refractivity contribution is -0.129. The number of rotatable bonds is 7. The number of nitrogens with zero attached hydrogens (tertiary/aromatic N) is 2. The van der Waals surface area contributed by atoms with Crippen LogP contribution < -0.4 is 5.32 Å². The fourth-order valence-corrected chi connectivity index (χ4v) is 4.07. The number of amidine groups is 1. The molecule has 26 heavy (non-hydrogen) atoms. The highest BCUT2D eigenvalue weighted by atomic mass is 35.5. The first-order chi connectivity index (χ1) is 12.4. The molecular formula is C17H21Cl2N3O3S. The number of carbonyl (C=O) groups excluding carboxylic acids is 2. The van der Waals surface area contributed by atoms with Crippen LogP contribution in [0, 0.1) is 0 Å². The Morgan fingerprint density at radius 3 is 2.58 bits per heavy atom. The van der Waals surface area contributed by atoms with E-state index in [0.717, 1.165) is 12.8 Å². The van der Waals surface area contributed by atoms with E-state index in [4.69, 9.17) is 23.2 Å². The van der Waals surface area contributed by atoms with Crippen molar-refractivity contribution >= 4 is 57.6 Å². The largest absolute Gasteiger partial charge is 0.505 e. The monoisotopic (exact) mass is 417 g/mol. The molecule has 0 spiro atoms. The molecule has 6 nitrogen and oxygen atoms in total. The summed E-state index contributed by atoms with van der Waals surface area (Å²) < 4.78 is 0. The second-order valence-corrected chi connectivity index (χ2v) is 7.74. The van der Waals surface area contributed by atoms with Gasteiger partial charge >= 0.3 is 0 Å². The number of carbonyl (C=O) groups is 2. The molecule has 9 heteroatoms. The summed E-state index contributed by atoms with van der Waals surface area (Å²) in [4.78, 5) is 30.6. The third kappa shape index (κ3) is 5.05. The van der Waals surface area contributed by atoms with E-state index in [1.807, 2.05) is 13.8 Å². The predicted molar refractivity (Wildman–Crippen MR) is 107 cm³/mol. The molecule has 1 aromatic rings. The number of nitrogens with one attached hydrogen (secondary N) is 1. The van der Waals surface area contributed by atoms with Gasteiger partial charge in [-0.15, -0.1) is 0 Å². The Hall–Kier alpha value is -1.44. The molecule has 0 aliphatic carbocycles. The van der Waals surface area contributed by atoms with Gasteiger partial charge in [-0.2, -0.15) is 0 Å². The van der Waals surface area contributed by atoms with Crippen LogP contribution in [0.4, 0.5) is 5.69 Å². The van der Waals surface area contributed by atoms with Gasteiger partial charge in [-0.05, 0) is 25.5 Å². The highest BCUT2D eigenvalue weighted by molar-refractivity contribution is 8.15. The van der Waals surface area contributed by atoms with Crippen LogP contribution >= 0.6 is 35.0 Å². The van der Waals surface area contributed by atoms with Crippen LogP contribution in [0.2, 0.25) is 10.0 Å². The number of hydrogen-bond acceptors (Lipinski definition) is 5. The summed E-state index contributed by atoms with van der Waals surface area (Å²) in [5.41, 5.74) is 0.438. The smallest absolute Gasteiger partial charge is 0.242 e. The first-order valence-corrected chi connectivity index (χ1v) is 10.0. The number of phenolic OH excluding ortho intramolecular Hbond substituents is 1. The van der Waals surface area contributed by atoms with E-state index >= 15 is 0 Å². The fraction of sp³-hybridized carbons (Fsp3) is 0.471. The topological polar surface area (TPSA) is 82.0 Å². The molecule has 1 fully saturated rings. The third-order valence-electron chi connectivity index (χ3n) is 3.73. The van der Waals surface area contributed by atoms with Crippen LogP contribution in [0.3, 0.4) is 0 Å². The third-order valence-corrected chi connectivity index (χ3v) is 5.48. The molecular weight excluding hydrogens is 397 g/mol. The normalized spacial score (nSPS) is 18.6. The lowest BCUT2D eigenvalue weighted by atomic mass is 10.2. The number of halogens is 2. The summed E-state index contributed by atoms with van der Waals surface area (Å²) in [6, 6.07) is 2.96. The average Bonchev–Trinajstić information content (AvgIpc) is 2.86. The lowest BCUT2D eigenvalue weighted by Crippen LogP contribution is -2.35. The van der Waals surface area contributed by atoms with Gasteiger partial charge in [-0.25, -0.2) is 4.99 Å². The molecule has 1 saturated heterocycles. The SMILES string of the molecule is CCCCN1C(=O)[C@H](CC(=O)NCC)SC1=Nc1cc(Cl)c(O)c(Cl)c1. The second kappa shape index (κ2) is 9.48. The number of unbranched alkanes of at least 4 members (excludes halogenated alkanes) is 1. The van der Waals surface area contributed by atoms with Crippen molar-refractivity contribution in [1.82, 2.24) is 10.2 Å². The zero-order valence-electron chi connectivity index (χ0n) is 14.6. The number of thioether (sulfide) groups is 1. The summed E-state index contributed by atoms with van der Waals surface area (Å²) in [7, 11) is 0. The molecule has 1 aromatic carbocycles. The van der Waals surface area contributed by atoms with Gasteiger partial charge in [0.15, 0.2) is 10.9 Å². The van der Waals surface area contributed by atoms with Gasteiger partial charge in [0.1, 0.15) is 5.25 Å². The van der Waals surface area contributed by atoms with Crippen LogP contribution in [0.5, 0.6) is 5.75 Å². The molecule has 2 rings (SSSR count). The van der Waals surface area contributed by atoms with Crippen molar-refractivity contribution in [3.05, 3.63) is 22.2 Å². The van der Waals surface area contributed by atoms with Crippen molar-refractivity contribution < 1.29 is 14.7 Å². The highest BCUT2D eigenvalue weighted by Gasteiger charge is 2.38. The van der Waals surface area contributed by atoms with Gasteiger partial charge in [-0.1, -0.05) is 48.3 Å². The standard InChI is InChI=1S/C17H21Cl2N3O3S/c1-3-5-6-22-16(25)13(9-14(23)20-4-2)26-17(22)21-10-7-11(18)15(24)12(19)8-10/h7-8,13,24H,3-6,9H2,1-2H3,(H,20,23)/t13-/m0/s1. The molecule has 1 atom stereocenters. The first kappa shape index (κ1) is 20.9. The Balaban J connectivity index is 2.28. The summed E-state index contributed by atoms with van der Waals surface area (Å²) in [5, 5.41) is 12.6. The summed E-state index contributed by atoms with van der Waals surface area (Å²) >= 11 is 13.1. The van der Waals surface area contributed by atoms with E-state index in [1.165, 1.54) is 23.9 Å². The number of benzene rings is 1. The number of hydrogen-bond donors (Lipinski definition) is 2. The van der Waals surface area contributed by atoms with E-state index < -0.39 is 5.25 Å². The summed E-state index contributed by atoms with van der Waals surface area (Å²) in [6.45, 7) is 4.93. The molecule has 0 saturated carbocycles. The zero-order chi connectivity index (χ0) is 19.3. The minimum absolute atomic E-state index is 0.0881. The van der Waals surface area contributed by atoms with Crippen molar-refractivity contribution in [1.29, 1.82) is 0 Å².